The summed E-state index contributed by atoms with van der Waals surface area (Å²) in [7, 11) is 0. The zero-order valence-corrected chi connectivity index (χ0v) is 17.1. The molecular formula is C21H26Cl2N2O. The van der Waals surface area contributed by atoms with E-state index in [9.17, 15) is 4.79 Å². The summed E-state index contributed by atoms with van der Waals surface area (Å²) < 4.78 is 0. The minimum absolute atomic E-state index is 0.219. The maximum absolute atomic E-state index is 13.2. The lowest BCUT2D eigenvalue weighted by molar-refractivity contribution is -0.176. The largest absolute Gasteiger partial charge is 0.270 e. The highest BCUT2D eigenvalue weighted by Gasteiger charge is 2.63. The normalized spacial score (nSPS) is 40.1. The minimum Gasteiger partial charge on any atom is -0.270 e. The van der Waals surface area contributed by atoms with E-state index in [0.717, 1.165) is 11.6 Å². The smallest absolute Gasteiger partial charge is 0.268 e. The molecule has 1 amide bonds. The number of carbonyl (C=O) groups is 1. The summed E-state index contributed by atoms with van der Waals surface area (Å²) >= 11 is 12.8. The van der Waals surface area contributed by atoms with Crippen molar-refractivity contribution in [1.82, 2.24) is 5.01 Å². The lowest BCUT2D eigenvalue weighted by atomic mass is 9.48. The van der Waals surface area contributed by atoms with Gasteiger partial charge in [0.15, 0.2) is 0 Å². The molecule has 1 saturated heterocycles. The van der Waals surface area contributed by atoms with Crippen molar-refractivity contribution in [2.75, 3.05) is 5.01 Å². The highest BCUT2D eigenvalue weighted by atomic mass is 35.5. The van der Waals surface area contributed by atoms with E-state index < -0.39 is 5.54 Å². The first-order valence-electron chi connectivity index (χ1n) is 9.79. The Morgan fingerprint density at radius 3 is 2.31 bits per heavy atom. The van der Waals surface area contributed by atoms with Crippen molar-refractivity contribution < 1.29 is 4.79 Å². The molecule has 5 aliphatic rings. The fourth-order valence-electron chi connectivity index (χ4n) is 6.83. The van der Waals surface area contributed by atoms with Crippen molar-refractivity contribution in [1.29, 1.82) is 0 Å². The highest BCUT2D eigenvalue weighted by molar-refractivity contribution is 6.43. The van der Waals surface area contributed by atoms with E-state index in [0.29, 0.717) is 33.3 Å². The number of rotatable bonds is 2. The van der Waals surface area contributed by atoms with Gasteiger partial charge < -0.3 is 0 Å². The number of anilines is 1. The molecule has 1 heterocycles. The fraction of sp³-hybridized carbons (Fsp3) is 0.667. The standard InChI is InChI=1S/C21H26Cl2N2O/c1-20(2)19(26)24(25(20)16-6-4-5-15(22)17(16)23)18-13-7-12-8-14(18)11-21(3,9-12)10-13/h4-6,12-14,18H,7-11H2,1-3H3. The summed E-state index contributed by atoms with van der Waals surface area (Å²) in [6, 6.07) is 6.01. The Morgan fingerprint density at radius 2 is 1.69 bits per heavy atom. The van der Waals surface area contributed by atoms with Crippen LogP contribution in [-0.4, -0.2) is 22.5 Å². The Labute approximate surface area is 165 Å². The van der Waals surface area contributed by atoms with Crippen LogP contribution in [0.25, 0.3) is 0 Å². The van der Waals surface area contributed by atoms with Crippen LogP contribution >= 0.6 is 23.2 Å². The molecule has 5 heteroatoms. The van der Waals surface area contributed by atoms with Crippen LogP contribution in [0.15, 0.2) is 18.2 Å². The van der Waals surface area contributed by atoms with Crippen molar-refractivity contribution in [3.05, 3.63) is 28.2 Å². The van der Waals surface area contributed by atoms with Gasteiger partial charge in [0.2, 0.25) is 0 Å². The van der Waals surface area contributed by atoms with Crippen molar-refractivity contribution in [3.63, 3.8) is 0 Å². The summed E-state index contributed by atoms with van der Waals surface area (Å²) in [5.74, 6) is 2.32. The van der Waals surface area contributed by atoms with Gasteiger partial charge in [0, 0.05) is 0 Å². The third-order valence-electron chi connectivity index (χ3n) is 7.45. The molecule has 1 aliphatic heterocycles. The molecule has 0 N–H and O–H groups in total. The third-order valence-corrected chi connectivity index (χ3v) is 8.26. The number of hydrazine groups is 1. The van der Waals surface area contributed by atoms with Gasteiger partial charge >= 0.3 is 0 Å². The summed E-state index contributed by atoms with van der Waals surface area (Å²) in [4.78, 5) is 13.2. The second-order valence-corrected chi connectivity index (χ2v) is 10.6. The lowest BCUT2D eigenvalue weighted by Crippen LogP contribution is -2.80. The molecule has 4 bridgehead atoms. The molecule has 3 nitrogen and oxygen atoms in total. The van der Waals surface area contributed by atoms with Crippen LogP contribution in [0.4, 0.5) is 5.69 Å². The predicted molar refractivity (Wildman–Crippen MR) is 105 cm³/mol. The van der Waals surface area contributed by atoms with E-state index in [-0.39, 0.29) is 5.91 Å². The molecule has 1 aromatic rings. The first-order chi connectivity index (χ1) is 12.2. The average Bonchev–Trinajstić information content (AvgIpc) is 2.55. The van der Waals surface area contributed by atoms with Gasteiger partial charge in [0.1, 0.15) is 5.54 Å². The second kappa shape index (κ2) is 5.32. The number of benzene rings is 1. The molecule has 0 aromatic heterocycles. The lowest BCUT2D eigenvalue weighted by Gasteiger charge is -2.67. The molecular weight excluding hydrogens is 367 g/mol. The van der Waals surface area contributed by atoms with E-state index in [4.69, 9.17) is 23.2 Å². The Hall–Kier alpha value is -0.930. The number of hydrogen-bond donors (Lipinski definition) is 0. The molecule has 1 aromatic carbocycles. The van der Waals surface area contributed by atoms with E-state index in [1.165, 1.54) is 32.1 Å². The number of halogens is 2. The first-order valence-corrected chi connectivity index (χ1v) is 10.5. The van der Waals surface area contributed by atoms with E-state index in [1.54, 1.807) is 6.07 Å². The Balaban J connectivity index is 1.54. The van der Waals surface area contributed by atoms with Gasteiger partial charge in [-0.3, -0.25) is 9.80 Å². The zero-order valence-electron chi connectivity index (χ0n) is 15.6. The Bertz CT molecular complexity index is 776. The van der Waals surface area contributed by atoms with Crippen molar-refractivity contribution in [3.8, 4) is 0 Å². The fourth-order valence-corrected chi connectivity index (χ4v) is 7.21. The number of nitrogens with zero attached hydrogens (tertiary/aromatic N) is 2. The van der Waals surface area contributed by atoms with Gasteiger partial charge in [0.05, 0.1) is 21.8 Å². The molecule has 0 spiro atoms. The third kappa shape index (κ3) is 2.16. The van der Waals surface area contributed by atoms with Crippen molar-refractivity contribution >= 4 is 34.8 Å². The van der Waals surface area contributed by atoms with Crippen LogP contribution < -0.4 is 5.01 Å². The van der Waals surface area contributed by atoms with Crippen LogP contribution in [0.1, 0.15) is 52.9 Å². The minimum atomic E-state index is -0.577. The molecule has 26 heavy (non-hydrogen) atoms. The Morgan fingerprint density at radius 1 is 1.04 bits per heavy atom. The van der Waals surface area contributed by atoms with Gasteiger partial charge in [0.25, 0.3) is 5.91 Å². The SMILES string of the molecule is CC12CC3CC(C1)C(N1C(=O)C(C)(C)N1c1cccc(Cl)c1Cl)C(C3)C2. The van der Waals surface area contributed by atoms with Gasteiger partial charge in [-0.05, 0) is 81.3 Å². The second-order valence-electron chi connectivity index (χ2n) is 9.86. The van der Waals surface area contributed by atoms with Crippen LogP contribution in [0.2, 0.25) is 10.0 Å². The van der Waals surface area contributed by atoms with E-state index >= 15 is 0 Å². The van der Waals surface area contributed by atoms with Crippen LogP contribution in [0.3, 0.4) is 0 Å². The molecule has 6 rings (SSSR count). The van der Waals surface area contributed by atoms with Gasteiger partial charge in [-0.2, -0.15) is 0 Å². The Kier molecular flexibility index (Phi) is 3.52. The summed E-state index contributed by atoms with van der Waals surface area (Å²) in [6.45, 7) is 6.43. The van der Waals surface area contributed by atoms with E-state index in [2.05, 4.69) is 11.9 Å². The monoisotopic (exact) mass is 392 g/mol. The quantitative estimate of drug-likeness (QED) is 0.658. The number of amides is 1. The molecule has 2 unspecified atom stereocenters. The average molecular weight is 393 g/mol. The summed E-state index contributed by atoms with van der Waals surface area (Å²) in [6.07, 6.45) is 6.45. The topological polar surface area (TPSA) is 23.6 Å². The van der Waals surface area contributed by atoms with Crippen molar-refractivity contribution in [2.45, 2.75) is 64.5 Å². The van der Waals surface area contributed by atoms with Crippen molar-refractivity contribution in [2.24, 2.45) is 23.2 Å². The van der Waals surface area contributed by atoms with Crippen LogP contribution in [-0.2, 0) is 4.79 Å². The summed E-state index contributed by atoms with van der Waals surface area (Å²) in [5, 5.41) is 5.25. The molecule has 2 atom stereocenters. The zero-order chi connectivity index (χ0) is 18.4. The van der Waals surface area contributed by atoms with Gasteiger partial charge in [-0.25, -0.2) is 5.01 Å². The predicted octanol–water partition coefficient (Wildman–Crippen LogP) is 5.55. The molecule has 4 aliphatic carbocycles. The van der Waals surface area contributed by atoms with E-state index in [1.807, 2.05) is 31.0 Å². The van der Waals surface area contributed by atoms with Crippen LogP contribution in [0.5, 0.6) is 0 Å². The molecule has 140 valence electrons. The number of hydrogen-bond acceptors (Lipinski definition) is 2. The highest BCUT2D eigenvalue weighted by Crippen LogP contribution is 2.62. The van der Waals surface area contributed by atoms with Gasteiger partial charge in [-0.15, -0.1) is 0 Å². The molecule has 4 saturated carbocycles. The maximum Gasteiger partial charge on any atom is 0.268 e. The summed E-state index contributed by atoms with van der Waals surface area (Å²) in [5.41, 5.74) is 0.769. The molecule has 5 fully saturated rings. The molecule has 0 radical (unpaired) electrons. The number of carbonyl (C=O) groups excluding carboxylic acids is 1. The van der Waals surface area contributed by atoms with Crippen LogP contribution in [0, 0.1) is 23.2 Å². The maximum atomic E-state index is 13.2. The first kappa shape index (κ1) is 17.2. The van der Waals surface area contributed by atoms with Gasteiger partial charge in [-0.1, -0.05) is 36.2 Å².